The Morgan fingerprint density at radius 1 is 1.33 bits per heavy atom. The highest BCUT2D eigenvalue weighted by molar-refractivity contribution is 5.94. The van der Waals surface area contributed by atoms with Gasteiger partial charge in [0.1, 0.15) is 0 Å². The summed E-state index contributed by atoms with van der Waals surface area (Å²) in [6.07, 6.45) is -0.884. The van der Waals surface area contributed by atoms with E-state index in [1.807, 2.05) is 0 Å². The van der Waals surface area contributed by atoms with Crippen LogP contribution >= 0.6 is 0 Å². The molecule has 0 saturated carbocycles. The molecule has 7 heteroatoms. The summed E-state index contributed by atoms with van der Waals surface area (Å²) in [6, 6.07) is -1.81. The fourth-order valence-electron chi connectivity index (χ4n) is 0.781. The fraction of sp³-hybridized carbons (Fsp3) is 0.375. The summed E-state index contributed by atoms with van der Waals surface area (Å²) in [5, 5.41) is 25.9. The van der Waals surface area contributed by atoms with Crippen molar-refractivity contribution < 1.29 is 29.8 Å². The van der Waals surface area contributed by atoms with Crippen molar-refractivity contribution in [1.29, 1.82) is 0 Å². The summed E-state index contributed by atoms with van der Waals surface area (Å²) in [6.45, 7) is 4.47. The third-order valence-corrected chi connectivity index (χ3v) is 1.52. The van der Waals surface area contributed by atoms with Crippen molar-refractivity contribution in [2.24, 2.45) is 0 Å². The third-order valence-electron chi connectivity index (χ3n) is 1.52. The lowest BCUT2D eigenvalue weighted by molar-refractivity contribution is -0.185. The van der Waals surface area contributed by atoms with Crippen LogP contribution < -0.4 is 0 Å². The van der Waals surface area contributed by atoms with Gasteiger partial charge in [0.25, 0.3) is 5.91 Å². The molecule has 0 saturated heterocycles. The van der Waals surface area contributed by atoms with E-state index >= 15 is 0 Å². The topological polar surface area (TPSA) is 115 Å². The normalized spacial score (nSPS) is 11.6. The molecule has 0 aliphatic heterocycles. The summed E-state index contributed by atoms with van der Waals surface area (Å²) in [5.74, 6) is -4.06. The second-order valence-electron chi connectivity index (χ2n) is 2.88. The van der Waals surface area contributed by atoms with Gasteiger partial charge in [-0.25, -0.2) is 9.86 Å². The Kier molecular flexibility index (Phi) is 4.46. The number of aliphatic carboxylic acids is 2. The molecule has 0 heterocycles. The molecule has 0 aliphatic carbocycles. The number of carboxylic acids is 2. The Hall–Kier alpha value is -1.89. The van der Waals surface area contributed by atoms with Crippen molar-refractivity contribution in [2.75, 3.05) is 0 Å². The van der Waals surface area contributed by atoms with Crippen LogP contribution in [0.25, 0.3) is 0 Å². The molecule has 0 aromatic heterocycles. The van der Waals surface area contributed by atoms with Crippen molar-refractivity contribution in [1.82, 2.24) is 5.06 Å². The second kappa shape index (κ2) is 5.11. The average Bonchev–Trinajstić information content (AvgIpc) is 2.10. The zero-order chi connectivity index (χ0) is 12.2. The van der Waals surface area contributed by atoms with Crippen LogP contribution in [0, 0.1) is 0 Å². The third kappa shape index (κ3) is 3.77. The minimum atomic E-state index is -1.81. The van der Waals surface area contributed by atoms with Crippen LogP contribution in [0.15, 0.2) is 12.2 Å². The molecular formula is C8H11NO6. The Bertz CT molecular complexity index is 310. The van der Waals surface area contributed by atoms with Gasteiger partial charge in [-0.05, 0) is 6.92 Å². The van der Waals surface area contributed by atoms with E-state index in [0.717, 1.165) is 0 Å². The number of carbonyl (C=O) groups excluding carboxylic acids is 1. The van der Waals surface area contributed by atoms with Crippen molar-refractivity contribution in [3.63, 3.8) is 0 Å². The highest BCUT2D eigenvalue weighted by Crippen LogP contribution is 2.06. The Balaban J connectivity index is 4.77. The summed E-state index contributed by atoms with van der Waals surface area (Å²) in [7, 11) is 0. The molecule has 0 bridgehead atoms. The van der Waals surface area contributed by atoms with Crippen molar-refractivity contribution in [3.8, 4) is 0 Å². The Morgan fingerprint density at radius 2 is 1.80 bits per heavy atom. The van der Waals surface area contributed by atoms with Crippen LogP contribution in [0.2, 0.25) is 0 Å². The molecule has 0 unspecified atom stereocenters. The highest BCUT2D eigenvalue weighted by Gasteiger charge is 2.31. The second-order valence-corrected chi connectivity index (χ2v) is 2.88. The molecule has 0 aliphatic rings. The molecule has 84 valence electrons. The molecule has 0 fully saturated rings. The van der Waals surface area contributed by atoms with Crippen LogP contribution in [-0.4, -0.2) is 44.4 Å². The smallest absolute Gasteiger partial charge is 0.329 e. The van der Waals surface area contributed by atoms with Gasteiger partial charge in [0, 0.05) is 5.57 Å². The lowest BCUT2D eigenvalue weighted by Gasteiger charge is -2.20. The van der Waals surface area contributed by atoms with Gasteiger partial charge in [0.05, 0.1) is 6.42 Å². The van der Waals surface area contributed by atoms with E-state index in [9.17, 15) is 14.4 Å². The number of carboxylic acid groups (broad SMARTS) is 2. The first-order valence-electron chi connectivity index (χ1n) is 3.90. The zero-order valence-electron chi connectivity index (χ0n) is 8.01. The fourth-order valence-corrected chi connectivity index (χ4v) is 0.781. The summed E-state index contributed by atoms with van der Waals surface area (Å²) >= 11 is 0. The molecule has 0 aromatic carbocycles. The molecule has 0 radical (unpaired) electrons. The van der Waals surface area contributed by atoms with Crippen molar-refractivity contribution >= 4 is 17.8 Å². The maximum atomic E-state index is 11.1. The van der Waals surface area contributed by atoms with E-state index in [4.69, 9.17) is 15.4 Å². The van der Waals surface area contributed by atoms with Crippen molar-refractivity contribution in [2.45, 2.75) is 19.4 Å². The van der Waals surface area contributed by atoms with Gasteiger partial charge in [-0.15, -0.1) is 0 Å². The lowest BCUT2D eigenvalue weighted by atomic mass is 10.2. The molecule has 1 amide bonds. The van der Waals surface area contributed by atoms with E-state index in [1.54, 1.807) is 0 Å². The van der Waals surface area contributed by atoms with Gasteiger partial charge >= 0.3 is 11.9 Å². The molecule has 0 aromatic rings. The zero-order valence-corrected chi connectivity index (χ0v) is 8.01. The molecule has 3 N–H and O–H groups in total. The quantitative estimate of drug-likeness (QED) is 0.331. The first-order valence-corrected chi connectivity index (χ1v) is 3.90. The van der Waals surface area contributed by atoms with Crippen molar-refractivity contribution in [3.05, 3.63) is 12.2 Å². The Labute approximate surface area is 85.2 Å². The molecule has 1 atom stereocenters. The molecule has 7 nitrogen and oxygen atoms in total. The van der Waals surface area contributed by atoms with E-state index < -0.39 is 30.3 Å². The maximum absolute atomic E-state index is 11.1. The number of hydrogen-bond donors (Lipinski definition) is 3. The number of carbonyl (C=O) groups is 3. The number of hydrogen-bond acceptors (Lipinski definition) is 4. The maximum Gasteiger partial charge on any atom is 0.329 e. The van der Waals surface area contributed by atoms with E-state index in [-0.39, 0.29) is 10.6 Å². The Morgan fingerprint density at radius 3 is 2.07 bits per heavy atom. The number of nitrogens with zero attached hydrogens (tertiary/aromatic N) is 1. The minimum absolute atomic E-state index is 0.0888. The van der Waals surface area contributed by atoms with E-state index in [1.165, 1.54) is 6.92 Å². The minimum Gasteiger partial charge on any atom is -0.481 e. The first kappa shape index (κ1) is 13.1. The van der Waals surface area contributed by atoms with Crippen LogP contribution in [0.3, 0.4) is 0 Å². The predicted octanol–water partition coefficient (Wildman–Crippen LogP) is -0.292. The van der Waals surface area contributed by atoms with Gasteiger partial charge in [-0.3, -0.25) is 14.8 Å². The number of hydroxylamine groups is 2. The largest absolute Gasteiger partial charge is 0.481 e. The predicted molar refractivity (Wildman–Crippen MR) is 47.1 cm³/mol. The summed E-state index contributed by atoms with van der Waals surface area (Å²) in [4.78, 5) is 31.9. The average molecular weight is 217 g/mol. The standard InChI is InChI=1S/C8H11NO6/c1-4(2)7(12)9(15)5(8(13)14)3-6(10)11/h5,15H,1,3H2,2H3,(H,10,11)(H,13,14)/t5-/m0/s1. The molecule has 0 rings (SSSR count). The van der Waals surface area contributed by atoms with Gasteiger partial charge in [-0.2, -0.15) is 0 Å². The SMILES string of the molecule is C=C(C)C(=O)N(O)[C@@H](CC(=O)O)C(=O)O. The van der Waals surface area contributed by atoms with Crippen LogP contribution in [-0.2, 0) is 14.4 Å². The summed E-state index contributed by atoms with van der Waals surface area (Å²) in [5.41, 5.74) is -0.0888. The lowest BCUT2D eigenvalue weighted by Crippen LogP contribution is -2.44. The summed E-state index contributed by atoms with van der Waals surface area (Å²) < 4.78 is 0. The highest BCUT2D eigenvalue weighted by atomic mass is 16.5. The monoisotopic (exact) mass is 217 g/mol. The first-order chi connectivity index (χ1) is 6.77. The van der Waals surface area contributed by atoms with Crippen LogP contribution in [0.4, 0.5) is 0 Å². The van der Waals surface area contributed by atoms with E-state index in [2.05, 4.69) is 6.58 Å². The van der Waals surface area contributed by atoms with Gasteiger partial charge in [0.2, 0.25) is 0 Å². The number of rotatable bonds is 5. The van der Waals surface area contributed by atoms with Gasteiger partial charge in [0.15, 0.2) is 6.04 Å². The van der Waals surface area contributed by atoms with Gasteiger partial charge < -0.3 is 10.2 Å². The molecule has 15 heavy (non-hydrogen) atoms. The number of amides is 1. The molecule has 0 spiro atoms. The van der Waals surface area contributed by atoms with Crippen LogP contribution in [0.5, 0.6) is 0 Å². The van der Waals surface area contributed by atoms with Gasteiger partial charge in [-0.1, -0.05) is 6.58 Å². The molecular weight excluding hydrogens is 206 g/mol. The van der Waals surface area contributed by atoms with Crippen LogP contribution in [0.1, 0.15) is 13.3 Å². The van der Waals surface area contributed by atoms with E-state index in [0.29, 0.717) is 0 Å².